The summed E-state index contributed by atoms with van der Waals surface area (Å²) in [5.74, 6) is -7.01. The van der Waals surface area contributed by atoms with Crippen molar-refractivity contribution in [2.45, 2.75) is 157 Å². The number of likely N-dealkylation sites (N-methyl/N-ethyl adjacent to an activating group) is 4. The van der Waals surface area contributed by atoms with Gasteiger partial charge in [-0.15, -0.1) is 0 Å². The number of nitrogens with zero attached hydrogens (tertiary/aromatic N) is 4. The molecule has 0 N–H and O–H groups in total. The molecule has 62 heavy (non-hydrogen) atoms. The van der Waals surface area contributed by atoms with E-state index in [1.807, 2.05) is 55.4 Å². The number of amides is 4. The largest absolute Gasteiger partial charge is 0.451 e. The van der Waals surface area contributed by atoms with Gasteiger partial charge in [-0.3, -0.25) is 19.2 Å². The van der Waals surface area contributed by atoms with Crippen molar-refractivity contribution in [2.75, 3.05) is 28.2 Å². The lowest BCUT2D eigenvalue weighted by molar-refractivity contribution is -0.176. The number of carbonyl (C=O) groups excluding carboxylic acids is 8. The molecular weight excluding hydrogens is 801 g/mol. The molecule has 1 aromatic carbocycles. The van der Waals surface area contributed by atoms with Crippen molar-refractivity contribution in [1.82, 2.24) is 19.6 Å². The summed E-state index contributed by atoms with van der Waals surface area (Å²) in [6, 6.07) is 4.00. The highest BCUT2D eigenvalue weighted by Crippen LogP contribution is 2.23. The van der Waals surface area contributed by atoms with Crippen LogP contribution >= 0.6 is 0 Å². The van der Waals surface area contributed by atoms with E-state index in [1.54, 1.807) is 30.3 Å². The van der Waals surface area contributed by atoms with Crippen LogP contribution in [0, 0.1) is 23.7 Å². The lowest BCUT2D eigenvalue weighted by Crippen LogP contribution is -2.54. The van der Waals surface area contributed by atoms with Gasteiger partial charge in [0.25, 0.3) is 23.6 Å². The Hall–Kier alpha value is -5.02. The molecule has 16 heteroatoms. The summed E-state index contributed by atoms with van der Waals surface area (Å²) in [6.07, 6.45) is -5.28. The predicted octanol–water partition coefficient (Wildman–Crippen LogP) is 4.44. The second-order valence-corrected chi connectivity index (χ2v) is 18.2. The smallest absolute Gasteiger partial charge is 0.329 e. The van der Waals surface area contributed by atoms with E-state index in [9.17, 15) is 38.4 Å². The predicted molar refractivity (Wildman–Crippen MR) is 231 cm³/mol. The summed E-state index contributed by atoms with van der Waals surface area (Å²) in [4.78, 5) is 117. The van der Waals surface area contributed by atoms with Gasteiger partial charge in [-0.1, -0.05) is 85.7 Å². The maximum Gasteiger partial charge on any atom is 0.329 e. The maximum absolute atomic E-state index is 14.5. The van der Waals surface area contributed by atoms with Crippen LogP contribution in [-0.4, -0.2) is 144 Å². The summed E-state index contributed by atoms with van der Waals surface area (Å²) in [5.41, 5.74) is 0.652. The van der Waals surface area contributed by atoms with Crippen LogP contribution in [-0.2, 0) is 63.7 Å². The molecule has 0 aliphatic carbocycles. The van der Waals surface area contributed by atoms with Gasteiger partial charge in [0.2, 0.25) is 0 Å². The first-order valence-electron chi connectivity index (χ1n) is 21.7. The van der Waals surface area contributed by atoms with E-state index < -0.39 is 96.1 Å². The fraction of sp³-hybridized carbons (Fsp3) is 0.696. The third-order valence-electron chi connectivity index (χ3n) is 10.8. The van der Waals surface area contributed by atoms with Crippen LogP contribution in [0.5, 0.6) is 0 Å². The zero-order valence-electron chi connectivity index (χ0n) is 39.5. The number of cyclic esters (lactones) is 4. The molecule has 0 spiro atoms. The summed E-state index contributed by atoms with van der Waals surface area (Å²) < 4.78 is 23.1. The van der Waals surface area contributed by atoms with Gasteiger partial charge in [0.05, 0.1) is 0 Å². The van der Waals surface area contributed by atoms with Crippen molar-refractivity contribution in [1.29, 1.82) is 0 Å². The zero-order valence-corrected chi connectivity index (χ0v) is 39.5. The first-order valence-corrected chi connectivity index (χ1v) is 21.7. The number of benzene rings is 1. The van der Waals surface area contributed by atoms with E-state index in [0.29, 0.717) is 5.56 Å². The Morgan fingerprint density at radius 1 is 0.419 bits per heavy atom. The van der Waals surface area contributed by atoms with Gasteiger partial charge in [-0.25, -0.2) is 19.2 Å². The van der Waals surface area contributed by atoms with Crippen LogP contribution in [0.25, 0.3) is 0 Å². The standard InChI is InChI=1S/C46H72N4O12/c1-26(2)21-34-43(55)59-30(9)39(51)47(12)35(22-27(3)4)44(56)60-32(11)41(53)49(14)37(24-29(7)8)46(58)62-38(25-33-19-17-16-18-20-33)42(54)50(15)36(23-28(5)6)45(57)61-31(10)40(52)48(34)13/h16-20,26-32,34-38H,21-25H2,1-15H3/t30-,31-,32-,34+,35+,36+,37+,38-/m1/s1. The van der Waals surface area contributed by atoms with Gasteiger partial charge < -0.3 is 38.5 Å². The topological polar surface area (TPSA) is 186 Å². The molecule has 1 aromatic rings. The van der Waals surface area contributed by atoms with Crippen LogP contribution in [0.1, 0.15) is 107 Å². The summed E-state index contributed by atoms with van der Waals surface area (Å²) in [5, 5.41) is 0. The molecule has 0 bridgehead atoms. The monoisotopic (exact) mass is 873 g/mol. The highest BCUT2D eigenvalue weighted by atomic mass is 16.6. The number of hydrogen-bond acceptors (Lipinski definition) is 12. The first kappa shape index (κ1) is 53.1. The normalized spacial score (nSPS) is 26.6. The van der Waals surface area contributed by atoms with Crippen molar-refractivity contribution in [3.63, 3.8) is 0 Å². The van der Waals surface area contributed by atoms with Crippen molar-refractivity contribution >= 4 is 47.5 Å². The van der Waals surface area contributed by atoms with Crippen LogP contribution in [0.15, 0.2) is 30.3 Å². The lowest BCUT2D eigenvalue weighted by Gasteiger charge is -2.35. The SMILES string of the molecule is CC(C)C[C@H]1C(=O)O[C@H](C)C(=O)N(C)[C@@H](CC(C)C)C(=O)O[C@H](Cc2ccccc2)C(=O)N(C)[C@@H](CC(C)C)C(=O)O[C@H](C)C(=O)N(C)[C@@H](CC(C)C)C(=O)O[C@H](C)C(=O)N1C. The molecule has 1 aliphatic heterocycles. The van der Waals surface area contributed by atoms with Gasteiger partial charge in [0.15, 0.2) is 24.4 Å². The fourth-order valence-electron chi connectivity index (χ4n) is 7.27. The summed E-state index contributed by atoms with van der Waals surface area (Å²) in [6.45, 7) is 18.8. The first-order chi connectivity index (χ1) is 28.8. The molecule has 0 radical (unpaired) electrons. The number of esters is 4. The Labute approximate surface area is 368 Å². The minimum Gasteiger partial charge on any atom is -0.451 e. The van der Waals surface area contributed by atoms with Gasteiger partial charge >= 0.3 is 23.9 Å². The summed E-state index contributed by atoms with van der Waals surface area (Å²) in [7, 11) is 5.51. The Morgan fingerprint density at radius 3 is 0.952 bits per heavy atom. The quantitative estimate of drug-likeness (QED) is 0.238. The van der Waals surface area contributed by atoms with Crippen molar-refractivity contribution in [3.8, 4) is 0 Å². The van der Waals surface area contributed by atoms with Crippen LogP contribution in [0.4, 0.5) is 0 Å². The molecule has 1 fully saturated rings. The third-order valence-corrected chi connectivity index (χ3v) is 10.8. The molecule has 0 unspecified atom stereocenters. The molecule has 0 saturated carbocycles. The van der Waals surface area contributed by atoms with E-state index in [4.69, 9.17) is 18.9 Å². The highest BCUT2D eigenvalue weighted by Gasteiger charge is 2.42. The highest BCUT2D eigenvalue weighted by molar-refractivity contribution is 5.94. The molecule has 4 amide bonds. The Balaban J connectivity index is 2.79. The molecule has 16 nitrogen and oxygen atoms in total. The molecule has 1 heterocycles. The Bertz CT molecular complexity index is 1700. The van der Waals surface area contributed by atoms with Crippen LogP contribution in [0.2, 0.25) is 0 Å². The average molecular weight is 873 g/mol. The van der Waals surface area contributed by atoms with Crippen molar-refractivity contribution in [3.05, 3.63) is 35.9 Å². The van der Waals surface area contributed by atoms with Crippen molar-refractivity contribution in [2.24, 2.45) is 23.7 Å². The Morgan fingerprint density at radius 2 is 0.677 bits per heavy atom. The van der Waals surface area contributed by atoms with E-state index >= 15 is 0 Å². The molecule has 2 rings (SSSR count). The van der Waals surface area contributed by atoms with Gasteiger partial charge in [-0.05, 0) is 75.7 Å². The third kappa shape index (κ3) is 15.1. The average Bonchev–Trinajstić information content (AvgIpc) is 3.19. The molecular formula is C46H72N4O12. The van der Waals surface area contributed by atoms with Crippen molar-refractivity contribution < 1.29 is 57.3 Å². The minimum atomic E-state index is -1.46. The summed E-state index contributed by atoms with van der Waals surface area (Å²) >= 11 is 0. The van der Waals surface area contributed by atoms with Gasteiger partial charge in [0.1, 0.15) is 24.2 Å². The lowest BCUT2D eigenvalue weighted by atomic mass is 10.00. The van der Waals surface area contributed by atoms with E-state index in [0.717, 1.165) is 19.6 Å². The maximum atomic E-state index is 14.5. The fourth-order valence-corrected chi connectivity index (χ4v) is 7.27. The number of carbonyl (C=O) groups is 8. The molecule has 0 aromatic heterocycles. The van der Waals surface area contributed by atoms with E-state index in [2.05, 4.69) is 0 Å². The molecule has 348 valence electrons. The minimum absolute atomic E-state index is 0.0750. The number of hydrogen-bond donors (Lipinski definition) is 0. The van der Waals surface area contributed by atoms with Crippen LogP contribution < -0.4 is 0 Å². The second-order valence-electron chi connectivity index (χ2n) is 18.2. The number of ether oxygens (including phenoxy) is 4. The van der Waals surface area contributed by atoms with E-state index in [1.165, 1.54) is 49.0 Å². The molecule has 1 saturated heterocycles. The number of rotatable bonds is 10. The molecule has 1 aliphatic rings. The van der Waals surface area contributed by atoms with Crippen LogP contribution in [0.3, 0.4) is 0 Å². The second kappa shape index (κ2) is 24.0. The Kier molecular flexibility index (Phi) is 20.6. The van der Waals surface area contributed by atoms with E-state index in [-0.39, 0.29) is 55.8 Å². The van der Waals surface area contributed by atoms with Gasteiger partial charge in [-0.2, -0.15) is 0 Å². The van der Waals surface area contributed by atoms with Gasteiger partial charge in [0, 0.05) is 34.6 Å². The molecule has 8 atom stereocenters. The zero-order chi connectivity index (χ0) is 47.3.